The number of rotatable bonds is 3. The molecule has 2 unspecified atom stereocenters. The SMILES string of the molecule is CC1CCCC1Nc1cc(Br)nc(C2CC2)n1. The van der Waals surface area contributed by atoms with Gasteiger partial charge >= 0.3 is 0 Å². The predicted octanol–water partition coefficient (Wildman–Crippen LogP) is 3.72. The molecule has 0 amide bonds. The quantitative estimate of drug-likeness (QED) is 0.864. The van der Waals surface area contributed by atoms with Gasteiger partial charge in [0.2, 0.25) is 0 Å². The molecule has 2 atom stereocenters. The third-order valence-corrected chi connectivity index (χ3v) is 4.26. The van der Waals surface area contributed by atoms with Crippen LogP contribution in [0.4, 0.5) is 5.82 Å². The summed E-state index contributed by atoms with van der Waals surface area (Å²) in [6, 6.07) is 2.58. The molecule has 92 valence electrons. The van der Waals surface area contributed by atoms with Crippen molar-refractivity contribution in [1.29, 1.82) is 0 Å². The molecule has 0 aromatic carbocycles. The van der Waals surface area contributed by atoms with Crippen molar-refractivity contribution in [3.05, 3.63) is 16.5 Å². The fourth-order valence-electron chi connectivity index (χ4n) is 2.58. The van der Waals surface area contributed by atoms with E-state index >= 15 is 0 Å². The number of halogens is 1. The minimum Gasteiger partial charge on any atom is -0.367 e. The van der Waals surface area contributed by atoms with E-state index in [0.29, 0.717) is 12.0 Å². The molecule has 4 heteroatoms. The van der Waals surface area contributed by atoms with Gasteiger partial charge in [-0.25, -0.2) is 9.97 Å². The van der Waals surface area contributed by atoms with Crippen LogP contribution in [-0.4, -0.2) is 16.0 Å². The molecule has 3 rings (SSSR count). The summed E-state index contributed by atoms with van der Waals surface area (Å²) >= 11 is 3.48. The van der Waals surface area contributed by atoms with Gasteiger partial charge in [-0.2, -0.15) is 0 Å². The number of hydrogen-bond donors (Lipinski definition) is 1. The van der Waals surface area contributed by atoms with E-state index in [1.165, 1.54) is 32.1 Å². The van der Waals surface area contributed by atoms with Gasteiger partial charge in [-0.3, -0.25) is 0 Å². The molecule has 1 aromatic rings. The molecule has 1 N–H and O–H groups in total. The molecule has 3 nitrogen and oxygen atoms in total. The molecule has 0 radical (unpaired) electrons. The van der Waals surface area contributed by atoms with Crippen molar-refractivity contribution in [2.45, 2.75) is 51.0 Å². The lowest BCUT2D eigenvalue weighted by molar-refractivity contribution is 0.554. The van der Waals surface area contributed by atoms with Crippen LogP contribution in [0.25, 0.3) is 0 Å². The van der Waals surface area contributed by atoms with Gasteiger partial charge in [-0.1, -0.05) is 13.3 Å². The molecule has 17 heavy (non-hydrogen) atoms. The monoisotopic (exact) mass is 295 g/mol. The van der Waals surface area contributed by atoms with E-state index in [1.54, 1.807) is 0 Å². The number of nitrogens with one attached hydrogen (secondary N) is 1. The molecule has 0 aliphatic heterocycles. The predicted molar refractivity (Wildman–Crippen MR) is 72.1 cm³/mol. The Hall–Kier alpha value is -0.640. The van der Waals surface area contributed by atoms with Crippen molar-refractivity contribution < 1.29 is 0 Å². The molecule has 0 spiro atoms. The first-order valence-corrected chi connectivity index (χ1v) is 7.32. The summed E-state index contributed by atoms with van der Waals surface area (Å²) in [5, 5.41) is 3.57. The third kappa shape index (κ3) is 2.62. The Morgan fingerprint density at radius 3 is 2.71 bits per heavy atom. The maximum Gasteiger partial charge on any atom is 0.135 e. The zero-order valence-electron chi connectivity index (χ0n) is 10.1. The lowest BCUT2D eigenvalue weighted by Gasteiger charge is -2.18. The normalized spacial score (nSPS) is 28.4. The molecule has 0 saturated heterocycles. The van der Waals surface area contributed by atoms with Gasteiger partial charge in [0.15, 0.2) is 0 Å². The Kier molecular flexibility index (Phi) is 3.07. The summed E-state index contributed by atoms with van der Waals surface area (Å²) in [6.45, 7) is 2.32. The first-order valence-electron chi connectivity index (χ1n) is 6.53. The summed E-state index contributed by atoms with van der Waals surface area (Å²) in [4.78, 5) is 9.10. The molecular formula is C13H18BrN3. The molecule has 2 saturated carbocycles. The Labute approximate surface area is 111 Å². The first-order chi connectivity index (χ1) is 8.22. The minimum absolute atomic E-state index is 0.587. The number of hydrogen-bond acceptors (Lipinski definition) is 3. The van der Waals surface area contributed by atoms with E-state index in [1.807, 2.05) is 6.07 Å². The van der Waals surface area contributed by atoms with E-state index in [-0.39, 0.29) is 0 Å². The Bertz CT molecular complexity index is 417. The van der Waals surface area contributed by atoms with Crippen LogP contribution in [0.15, 0.2) is 10.7 Å². The van der Waals surface area contributed by atoms with Gasteiger partial charge in [-0.15, -0.1) is 0 Å². The van der Waals surface area contributed by atoms with Crippen molar-refractivity contribution in [1.82, 2.24) is 9.97 Å². The first kappa shape index (κ1) is 11.5. The summed E-state index contributed by atoms with van der Waals surface area (Å²) in [5.74, 6) is 3.36. The second-order valence-electron chi connectivity index (χ2n) is 5.37. The summed E-state index contributed by atoms with van der Waals surface area (Å²) in [5.41, 5.74) is 0. The van der Waals surface area contributed by atoms with Crippen LogP contribution in [0.2, 0.25) is 0 Å². The zero-order valence-corrected chi connectivity index (χ0v) is 11.7. The van der Waals surface area contributed by atoms with Crippen molar-refractivity contribution in [3.8, 4) is 0 Å². The summed E-state index contributed by atoms with van der Waals surface area (Å²) in [7, 11) is 0. The number of aromatic nitrogens is 2. The lowest BCUT2D eigenvalue weighted by atomic mass is 10.1. The Morgan fingerprint density at radius 2 is 2.06 bits per heavy atom. The lowest BCUT2D eigenvalue weighted by Crippen LogP contribution is -2.22. The van der Waals surface area contributed by atoms with Crippen LogP contribution >= 0.6 is 15.9 Å². The highest BCUT2D eigenvalue weighted by Gasteiger charge is 2.28. The minimum atomic E-state index is 0.587. The van der Waals surface area contributed by atoms with Gasteiger partial charge in [0.05, 0.1) is 0 Å². The molecule has 2 aliphatic carbocycles. The molecule has 2 fully saturated rings. The van der Waals surface area contributed by atoms with E-state index < -0.39 is 0 Å². The van der Waals surface area contributed by atoms with E-state index in [4.69, 9.17) is 0 Å². The zero-order chi connectivity index (χ0) is 11.8. The topological polar surface area (TPSA) is 37.8 Å². The second kappa shape index (κ2) is 4.56. The van der Waals surface area contributed by atoms with Crippen molar-refractivity contribution in [2.75, 3.05) is 5.32 Å². The summed E-state index contributed by atoms with van der Waals surface area (Å²) < 4.78 is 0.905. The van der Waals surface area contributed by atoms with Crippen LogP contribution in [0.3, 0.4) is 0 Å². The third-order valence-electron chi connectivity index (χ3n) is 3.85. The fourth-order valence-corrected chi connectivity index (χ4v) is 2.98. The van der Waals surface area contributed by atoms with Crippen molar-refractivity contribution in [3.63, 3.8) is 0 Å². The molecule has 2 aliphatic rings. The molecular weight excluding hydrogens is 278 g/mol. The van der Waals surface area contributed by atoms with Gasteiger partial charge < -0.3 is 5.32 Å². The van der Waals surface area contributed by atoms with Gasteiger partial charge in [0.1, 0.15) is 16.2 Å². The van der Waals surface area contributed by atoms with E-state index in [9.17, 15) is 0 Å². The second-order valence-corrected chi connectivity index (χ2v) is 6.18. The highest BCUT2D eigenvalue weighted by Crippen LogP contribution is 2.39. The summed E-state index contributed by atoms with van der Waals surface area (Å²) in [6.07, 6.45) is 6.42. The van der Waals surface area contributed by atoms with Gasteiger partial charge in [-0.05, 0) is 47.5 Å². The Morgan fingerprint density at radius 1 is 1.24 bits per heavy atom. The van der Waals surface area contributed by atoms with Gasteiger partial charge in [0, 0.05) is 18.0 Å². The molecule has 1 heterocycles. The van der Waals surface area contributed by atoms with Gasteiger partial charge in [0.25, 0.3) is 0 Å². The highest BCUT2D eigenvalue weighted by molar-refractivity contribution is 9.10. The van der Waals surface area contributed by atoms with Crippen LogP contribution in [0.1, 0.15) is 50.8 Å². The largest absolute Gasteiger partial charge is 0.367 e. The van der Waals surface area contributed by atoms with E-state index in [2.05, 4.69) is 38.1 Å². The van der Waals surface area contributed by atoms with Crippen LogP contribution in [0.5, 0.6) is 0 Å². The smallest absolute Gasteiger partial charge is 0.135 e. The number of anilines is 1. The average Bonchev–Trinajstić information content (AvgIpc) is 3.05. The average molecular weight is 296 g/mol. The highest BCUT2D eigenvalue weighted by atomic mass is 79.9. The maximum absolute atomic E-state index is 4.64. The van der Waals surface area contributed by atoms with Crippen LogP contribution < -0.4 is 5.32 Å². The van der Waals surface area contributed by atoms with E-state index in [0.717, 1.165) is 22.2 Å². The maximum atomic E-state index is 4.64. The standard InChI is InChI=1S/C13H18BrN3/c1-8-3-2-4-10(8)15-12-7-11(14)16-13(17-12)9-5-6-9/h7-10H,2-6H2,1H3,(H,15,16,17). The molecule has 0 bridgehead atoms. The van der Waals surface area contributed by atoms with Crippen molar-refractivity contribution >= 4 is 21.7 Å². The van der Waals surface area contributed by atoms with Crippen LogP contribution in [-0.2, 0) is 0 Å². The van der Waals surface area contributed by atoms with Crippen molar-refractivity contribution in [2.24, 2.45) is 5.92 Å². The van der Waals surface area contributed by atoms with Crippen LogP contribution in [0, 0.1) is 5.92 Å². The Balaban J connectivity index is 1.77. The fraction of sp³-hybridized carbons (Fsp3) is 0.692. The number of nitrogens with zero attached hydrogens (tertiary/aromatic N) is 2. The molecule has 1 aromatic heterocycles.